The molecule has 22 heavy (non-hydrogen) atoms. The summed E-state index contributed by atoms with van der Waals surface area (Å²) in [5.74, 6) is -0.329. The minimum atomic E-state index is -0.164. The van der Waals surface area contributed by atoms with E-state index in [0.29, 0.717) is 26.2 Å². The average Bonchev–Trinajstić information content (AvgIpc) is 2.57. The van der Waals surface area contributed by atoms with Crippen molar-refractivity contribution in [1.82, 2.24) is 20.6 Å². The highest BCUT2D eigenvalue weighted by atomic mass is 16.3. The van der Waals surface area contributed by atoms with Crippen molar-refractivity contribution in [2.75, 3.05) is 39.5 Å². The van der Waals surface area contributed by atoms with Crippen LogP contribution in [0.15, 0.2) is 12.4 Å². The van der Waals surface area contributed by atoms with E-state index in [1.165, 1.54) is 0 Å². The molecule has 8 nitrogen and oxygen atoms in total. The van der Waals surface area contributed by atoms with Crippen LogP contribution in [0.2, 0.25) is 0 Å². The van der Waals surface area contributed by atoms with Crippen molar-refractivity contribution in [1.29, 1.82) is 0 Å². The Morgan fingerprint density at radius 1 is 0.727 bits per heavy atom. The van der Waals surface area contributed by atoms with Crippen LogP contribution in [0.4, 0.5) is 0 Å². The van der Waals surface area contributed by atoms with Gasteiger partial charge in [0, 0.05) is 64.4 Å². The first-order valence-corrected chi connectivity index (χ1v) is 7.38. The second kappa shape index (κ2) is 11.4. The Bertz CT molecular complexity index is 346. The molecule has 0 aliphatic carbocycles. The van der Waals surface area contributed by atoms with E-state index in [2.05, 4.69) is 20.6 Å². The van der Waals surface area contributed by atoms with Crippen molar-refractivity contribution in [3.8, 4) is 0 Å². The molecule has 6 N–H and O–H groups in total. The molecule has 1 aromatic heterocycles. The Morgan fingerprint density at radius 2 is 1.09 bits per heavy atom. The standard InChI is InChI=1S/C14H26N4O4/c19-7-11(8-20)1-15-3-13-5-18-14(6-17-13)4-16-2-12(9-21)10-22/h5-6,11-12,15-16,19-22H,1-4,7-10H2. The summed E-state index contributed by atoms with van der Waals surface area (Å²) in [4.78, 5) is 8.55. The quantitative estimate of drug-likeness (QED) is 0.258. The molecule has 0 fully saturated rings. The monoisotopic (exact) mass is 314 g/mol. The van der Waals surface area contributed by atoms with Crippen LogP contribution in [-0.2, 0) is 13.1 Å². The van der Waals surface area contributed by atoms with Gasteiger partial charge in [0.1, 0.15) is 0 Å². The number of aromatic nitrogens is 2. The summed E-state index contributed by atoms with van der Waals surface area (Å²) in [7, 11) is 0. The second-order valence-electron chi connectivity index (χ2n) is 5.22. The molecule has 8 heteroatoms. The van der Waals surface area contributed by atoms with E-state index in [-0.39, 0.29) is 38.3 Å². The van der Waals surface area contributed by atoms with E-state index in [1.807, 2.05) is 0 Å². The number of aliphatic hydroxyl groups excluding tert-OH is 4. The summed E-state index contributed by atoms with van der Waals surface area (Å²) >= 11 is 0. The molecule has 0 aliphatic heterocycles. The Labute approximate surface area is 130 Å². The zero-order valence-corrected chi connectivity index (χ0v) is 12.6. The predicted octanol–water partition coefficient (Wildman–Crippen LogP) is -2.14. The molecule has 0 spiro atoms. The van der Waals surface area contributed by atoms with Gasteiger partial charge in [0.25, 0.3) is 0 Å². The Hall–Kier alpha value is -1.16. The third-order valence-corrected chi connectivity index (χ3v) is 3.27. The summed E-state index contributed by atoms with van der Waals surface area (Å²) in [5, 5.41) is 42.0. The third-order valence-electron chi connectivity index (χ3n) is 3.27. The largest absolute Gasteiger partial charge is 0.396 e. The first-order chi connectivity index (χ1) is 10.7. The lowest BCUT2D eigenvalue weighted by Crippen LogP contribution is -2.28. The molecule has 0 bridgehead atoms. The normalized spacial score (nSPS) is 11.5. The number of aliphatic hydroxyl groups is 4. The van der Waals surface area contributed by atoms with Crippen LogP contribution in [0.5, 0.6) is 0 Å². The van der Waals surface area contributed by atoms with Crippen molar-refractivity contribution in [2.24, 2.45) is 11.8 Å². The molecule has 0 atom stereocenters. The van der Waals surface area contributed by atoms with Gasteiger partial charge in [-0.05, 0) is 0 Å². The maximum Gasteiger partial charge on any atom is 0.0724 e. The number of hydrogen-bond acceptors (Lipinski definition) is 8. The number of nitrogens with one attached hydrogen (secondary N) is 2. The van der Waals surface area contributed by atoms with Gasteiger partial charge in [0.2, 0.25) is 0 Å². The first-order valence-electron chi connectivity index (χ1n) is 7.38. The second-order valence-corrected chi connectivity index (χ2v) is 5.22. The summed E-state index contributed by atoms with van der Waals surface area (Å²) in [5.41, 5.74) is 1.56. The van der Waals surface area contributed by atoms with Crippen LogP contribution in [0.25, 0.3) is 0 Å². The molecule has 126 valence electrons. The van der Waals surface area contributed by atoms with Gasteiger partial charge < -0.3 is 31.1 Å². The van der Waals surface area contributed by atoms with E-state index in [0.717, 1.165) is 11.4 Å². The molecule has 1 rings (SSSR count). The fraction of sp³-hybridized carbons (Fsp3) is 0.714. The van der Waals surface area contributed by atoms with Gasteiger partial charge in [-0.15, -0.1) is 0 Å². The minimum Gasteiger partial charge on any atom is -0.396 e. The van der Waals surface area contributed by atoms with Crippen molar-refractivity contribution in [3.63, 3.8) is 0 Å². The van der Waals surface area contributed by atoms with Crippen molar-refractivity contribution >= 4 is 0 Å². The van der Waals surface area contributed by atoms with E-state index in [9.17, 15) is 0 Å². The summed E-state index contributed by atoms with van der Waals surface area (Å²) < 4.78 is 0. The van der Waals surface area contributed by atoms with Crippen LogP contribution in [0.1, 0.15) is 11.4 Å². The first kappa shape index (κ1) is 18.9. The van der Waals surface area contributed by atoms with Crippen molar-refractivity contribution < 1.29 is 20.4 Å². The lowest BCUT2D eigenvalue weighted by atomic mass is 10.2. The summed E-state index contributed by atoms with van der Waals surface area (Å²) in [6.45, 7) is 1.86. The van der Waals surface area contributed by atoms with Crippen molar-refractivity contribution in [2.45, 2.75) is 13.1 Å². The SMILES string of the molecule is OCC(CO)CNCc1cnc(CNCC(CO)CO)cn1. The smallest absolute Gasteiger partial charge is 0.0724 e. The van der Waals surface area contributed by atoms with Crippen LogP contribution < -0.4 is 10.6 Å². The van der Waals surface area contributed by atoms with Gasteiger partial charge >= 0.3 is 0 Å². The Morgan fingerprint density at radius 3 is 1.36 bits per heavy atom. The molecule has 0 saturated carbocycles. The number of rotatable bonds is 12. The number of hydrogen-bond donors (Lipinski definition) is 6. The molecule has 0 amide bonds. The van der Waals surface area contributed by atoms with E-state index < -0.39 is 0 Å². The molecule has 0 unspecified atom stereocenters. The summed E-state index contributed by atoms with van der Waals surface area (Å²) in [6.07, 6.45) is 3.35. The highest BCUT2D eigenvalue weighted by molar-refractivity contribution is 5.02. The van der Waals surface area contributed by atoms with Gasteiger partial charge in [-0.1, -0.05) is 0 Å². The average molecular weight is 314 g/mol. The van der Waals surface area contributed by atoms with Crippen LogP contribution in [0.3, 0.4) is 0 Å². The highest BCUT2D eigenvalue weighted by Crippen LogP contribution is 1.98. The fourth-order valence-corrected chi connectivity index (χ4v) is 1.75. The third kappa shape index (κ3) is 7.21. The molecular weight excluding hydrogens is 288 g/mol. The van der Waals surface area contributed by atoms with Crippen LogP contribution in [0, 0.1) is 11.8 Å². The molecule has 1 heterocycles. The van der Waals surface area contributed by atoms with Gasteiger partial charge in [0.15, 0.2) is 0 Å². The van der Waals surface area contributed by atoms with Crippen molar-refractivity contribution in [3.05, 3.63) is 23.8 Å². The highest BCUT2D eigenvalue weighted by Gasteiger charge is 2.06. The minimum absolute atomic E-state index is 0.0531. The van der Waals surface area contributed by atoms with E-state index in [4.69, 9.17) is 20.4 Å². The molecule has 0 radical (unpaired) electrons. The molecule has 0 saturated heterocycles. The Balaban J connectivity index is 2.27. The molecule has 0 aliphatic rings. The van der Waals surface area contributed by atoms with Crippen LogP contribution >= 0.6 is 0 Å². The predicted molar refractivity (Wildman–Crippen MR) is 80.8 cm³/mol. The molecular formula is C14H26N4O4. The van der Waals surface area contributed by atoms with Gasteiger partial charge in [-0.25, -0.2) is 0 Å². The lowest BCUT2D eigenvalue weighted by Gasteiger charge is -2.12. The summed E-state index contributed by atoms with van der Waals surface area (Å²) in [6, 6.07) is 0. The van der Waals surface area contributed by atoms with Gasteiger partial charge in [-0.2, -0.15) is 0 Å². The molecule has 0 aromatic carbocycles. The molecule has 1 aromatic rings. The zero-order valence-electron chi connectivity index (χ0n) is 12.6. The zero-order chi connectivity index (χ0) is 16.2. The number of nitrogens with zero attached hydrogens (tertiary/aromatic N) is 2. The topological polar surface area (TPSA) is 131 Å². The van der Waals surface area contributed by atoms with E-state index >= 15 is 0 Å². The maximum atomic E-state index is 8.95. The van der Waals surface area contributed by atoms with Gasteiger partial charge in [0.05, 0.1) is 23.8 Å². The lowest BCUT2D eigenvalue weighted by molar-refractivity contribution is 0.147. The van der Waals surface area contributed by atoms with E-state index in [1.54, 1.807) is 12.4 Å². The maximum absolute atomic E-state index is 8.95. The Kier molecular flexibility index (Phi) is 9.80. The van der Waals surface area contributed by atoms with Crippen LogP contribution in [-0.4, -0.2) is 69.9 Å². The fourth-order valence-electron chi connectivity index (χ4n) is 1.75. The van der Waals surface area contributed by atoms with Gasteiger partial charge in [-0.3, -0.25) is 9.97 Å².